The summed E-state index contributed by atoms with van der Waals surface area (Å²) in [5.74, 6) is -1.04. The van der Waals surface area contributed by atoms with E-state index >= 15 is 0 Å². The predicted octanol–water partition coefficient (Wildman–Crippen LogP) is 0.312. The first kappa shape index (κ1) is 17.2. The third-order valence-electron chi connectivity index (χ3n) is 3.71. The van der Waals surface area contributed by atoms with Gasteiger partial charge in [0, 0.05) is 25.7 Å². The second-order valence-corrected chi connectivity index (χ2v) is 7.43. The molecule has 0 unspecified atom stereocenters. The van der Waals surface area contributed by atoms with Crippen molar-refractivity contribution in [3.05, 3.63) is 33.9 Å². The molecule has 1 aromatic rings. The quantitative estimate of drug-likeness (QED) is 0.584. The SMILES string of the molecule is CS(=O)(=O)N1CC[C@H](CNC(=O)c2ccc([N+](=O)[O-])cc2O)C1. The third-order valence-corrected chi connectivity index (χ3v) is 4.98. The topological polar surface area (TPSA) is 130 Å². The van der Waals surface area contributed by atoms with Crippen molar-refractivity contribution in [2.45, 2.75) is 6.42 Å². The smallest absolute Gasteiger partial charge is 0.273 e. The van der Waals surface area contributed by atoms with Crippen LogP contribution in [0, 0.1) is 16.0 Å². The number of hydrogen-bond acceptors (Lipinski definition) is 6. The number of amides is 1. The summed E-state index contributed by atoms with van der Waals surface area (Å²) < 4.78 is 24.2. The lowest BCUT2D eigenvalue weighted by molar-refractivity contribution is -0.384. The van der Waals surface area contributed by atoms with E-state index in [1.165, 1.54) is 10.4 Å². The molecule has 1 atom stereocenters. The molecule has 0 aromatic heterocycles. The molecule has 1 amide bonds. The predicted molar refractivity (Wildman–Crippen MR) is 81.6 cm³/mol. The van der Waals surface area contributed by atoms with Crippen LogP contribution >= 0.6 is 0 Å². The third kappa shape index (κ3) is 4.17. The fourth-order valence-electron chi connectivity index (χ4n) is 2.42. The van der Waals surface area contributed by atoms with Crippen LogP contribution in [0.4, 0.5) is 5.69 Å². The van der Waals surface area contributed by atoms with Crippen LogP contribution in [0.25, 0.3) is 0 Å². The zero-order valence-corrected chi connectivity index (χ0v) is 13.2. The average Bonchev–Trinajstić information content (AvgIpc) is 2.93. The molecule has 1 aliphatic rings. The molecule has 1 fully saturated rings. The van der Waals surface area contributed by atoms with Crippen LogP contribution in [0.2, 0.25) is 0 Å². The number of benzene rings is 1. The second-order valence-electron chi connectivity index (χ2n) is 5.44. The minimum atomic E-state index is -3.23. The van der Waals surface area contributed by atoms with Gasteiger partial charge in [0.25, 0.3) is 11.6 Å². The van der Waals surface area contributed by atoms with Crippen LogP contribution in [-0.4, -0.2) is 54.6 Å². The first-order valence-corrected chi connectivity index (χ1v) is 8.74. The lowest BCUT2D eigenvalue weighted by Gasteiger charge is -2.14. The lowest BCUT2D eigenvalue weighted by atomic mass is 10.1. The molecule has 2 N–H and O–H groups in total. The van der Waals surface area contributed by atoms with Crippen molar-refractivity contribution in [1.82, 2.24) is 9.62 Å². The van der Waals surface area contributed by atoms with Crippen molar-refractivity contribution in [2.75, 3.05) is 25.9 Å². The van der Waals surface area contributed by atoms with Gasteiger partial charge in [-0.1, -0.05) is 0 Å². The first-order valence-electron chi connectivity index (χ1n) is 6.89. The van der Waals surface area contributed by atoms with E-state index in [1.54, 1.807) is 0 Å². The summed E-state index contributed by atoms with van der Waals surface area (Å²) in [7, 11) is -3.23. The Hall–Kier alpha value is -2.20. The molecule has 126 valence electrons. The highest BCUT2D eigenvalue weighted by atomic mass is 32.2. The number of nitro groups is 1. The number of carbonyl (C=O) groups excluding carboxylic acids is 1. The Morgan fingerprint density at radius 2 is 2.22 bits per heavy atom. The molecule has 0 radical (unpaired) electrons. The Labute approximate surface area is 133 Å². The second kappa shape index (κ2) is 6.50. The highest BCUT2D eigenvalue weighted by Gasteiger charge is 2.28. The van der Waals surface area contributed by atoms with E-state index in [0.717, 1.165) is 18.4 Å². The highest BCUT2D eigenvalue weighted by Crippen LogP contribution is 2.23. The van der Waals surface area contributed by atoms with Crippen molar-refractivity contribution in [2.24, 2.45) is 5.92 Å². The Bertz CT molecular complexity index is 733. The van der Waals surface area contributed by atoms with Gasteiger partial charge in [0.05, 0.1) is 22.8 Å². The number of nitrogens with zero attached hydrogens (tertiary/aromatic N) is 2. The highest BCUT2D eigenvalue weighted by molar-refractivity contribution is 7.88. The molecule has 23 heavy (non-hydrogen) atoms. The van der Waals surface area contributed by atoms with Crippen LogP contribution in [0.15, 0.2) is 18.2 Å². The van der Waals surface area contributed by atoms with E-state index in [0.29, 0.717) is 19.5 Å². The van der Waals surface area contributed by atoms with Crippen molar-refractivity contribution >= 4 is 21.6 Å². The van der Waals surface area contributed by atoms with Crippen LogP contribution in [0.5, 0.6) is 5.75 Å². The molecule has 1 saturated heterocycles. The minimum absolute atomic E-state index is 0.00568. The Kier molecular flexibility index (Phi) is 4.85. The van der Waals surface area contributed by atoms with Crippen LogP contribution in [0.3, 0.4) is 0 Å². The molecular weight excluding hydrogens is 326 g/mol. The Morgan fingerprint density at radius 1 is 1.52 bits per heavy atom. The number of carbonyl (C=O) groups is 1. The minimum Gasteiger partial charge on any atom is -0.507 e. The number of sulfonamides is 1. The van der Waals surface area contributed by atoms with Gasteiger partial charge in [0.1, 0.15) is 5.75 Å². The molecule has 1 aromatic carbocycles. The van der Waals surface area contributed by atoms with Gasteiger partial charge in [0.2, 0.25) is 10.0 Å². The van der Waals surface area contributed by atoms with Crippen LogP contribution in [0.1, 0.15) is 16.8 Å². The Balaban J connectivity index is 1.95. The van der Waals surface area contributed by atoms with Gasteiger partial charge in [-0.25, -0.2) is 12.7 Å². The van der Waals surface area contributed by atoms with E-state index in [4.69, 9.17) is 0 Å². The van der Waals surface area contributed by atoms with Gasteiger partial charge in [-0.3, -0.25) is 14.9 Å². The largest absolute Gasteiger partial charge is 0.507 e. The lowest BCUT2D eigenvalue weighted by Crippen LogP contribution is -2.32. The fourth-order valence-corrected chi connectivity index (χ4v) is 3.34. The number of phenolic OH excluding ortho intramolecular Hbond substituents is 1. The number of nitrogens with one attached hydrogen (secondary N) is 1. The van der Waals surface area contributed by atoms with Crippen molar-refractivity contribution < 1.29 is 23.2 Å². The molecule has 2 rings (SSSR count). The van der Waals surface area contributed by atoms with E-state index in [1.807, 2.05) is 0 Å². The van der Waals surface area contributed by atoms with Gasteiger partial charge >= 0.3 is 0 Å². The number of rotatable bonds is 5. The van der Waals surface area contributed by atoms with E-state index in [-0.39, 0.29) is 23.7 Å². The Morgan fingerprint density at radius 3 is 2.74 bits per heavy atom. The van der Waals surface area contributed by atoms with Crippen LogP contribution in [-0.2, 0) is 10.0 Å². The van der Waals surface area contributed by atoms with E-state index < -0.39 is 26.6 Å². The maximum Gasteiger partial charge on any atom is 0.273 e. The number of non-ortho nitro benzene ring substituents is 1. The van der Waals surface area contributed by atoms with Crippen molar-refractivity contribution in [3.63, 3.8) is 0 Å². The van der Waals surface area contributed by atoms with Gasteiger partial charge in [-0.15, -0.1) is 0 Å². The summed E-state index contributed by atoms with van der Waals surface area (Å²) in [6, 6.07) is 3.23. The molecule has 1 aliphatic heterocycles. The molecule has 0 aliphatic carbocycles. The van der Waals surface area contributed by atoms with E-state index in [2.05, 4.69) is 5.32 Å². The van der Waals surface area contributed by atoms with Crippen LogP contribution < -0.4 is 5.32 Å². The average molecular weight is 343 g/mol. The van der Waals surface area contributed by atoms with Crippen molar-refractivity contribution in [3.8, 4) is 5.75 Å². The normalized spacial score (nSPS) is 18.7. The summed E-state index contributed by atoms with van der Waals surface area (Å²) >= 11 is 0. The summed E-state index contributed by atoms with van der Waals surface area (Å²) in [4.78, 5) is 21.9. The molecule has 0 saturated carbocycles. The molecule has 0 bridgehead atoms. The summed E-state index contributed by atoms with van der Waals surface area (Å²) in [6.07, 6.45) is 1.78. The maximum atomic E-state index is 12.0. The summed E-state index contributed by atoms with van der Waals surface area (Å²) in [5.41, 5.74) is -0.368. The van der Waals surface area contributed by atoms with Gasteiger partial charge in [-0.05, 0) is 18.4 Å². The fraction of sp³-hybridized carbons (Fsp3) is 0.462. The zero-order valence-electron chi connectivity index (χ0n) is 12.4. The zero-order chi connectivity index (χ0) is 17.2. The number of aromatic hydroxyl groups is 1. The monoisotopic (exact) mass is 343 g/mol. The van der Waals surface area contributed by atoms with E-state index in [9.17, 15) is 28.4 Å². The summed E-state index contributed by atoms with van der Waals surface area (Å²) in [5, 5.41) is 22.9. The summed E-state index contributed by atoms with van der Waals surface area (Å²) in [6.45, 7) is 1.02. The number of phenols is 1. The molecule has 0 spiro atoms. The molecule has 10 heteroatoms. The number of hydrogen-bond donors (Lipinski definition) is 2. The van der Waals surface area contributed by atoms with Crippen molar-refractivity contribution in [1.29, 1.82) is 0 Å². The molecule has 1 heterocycles. The molecule has 9 nitrogen and oxygen atoms in total. The maximum absolute atomic E-state index is 12.0. The number of nitro benzene ring substituents is 1. The molecular formula is C13H17N3O6S. The van der Waals surface area contributed by atoms with Gasteiger partial charge in [-0.2, -0.15) is 0 Å². The van der Waals surface area contributed by atoms with Gasteiger partial charge < -0.3 is 10.4 Å². The first-order chi connectivity index (χ1) is 10.7. The standard InChI is InChI=1S/C13H17N3O6S/c1-23(21,22)15-5-4-9(8-15)7-14-13(18)11-3-2-10(16(19)20)6-12(11)17/h2-3,6,9,17H,4-5,7-8H2,1H3,(H,14,18)/t9-/m1/s1. The van der Waals surface area contributed by atoms with Gasteiger partial charge in [0.15, 0.2) is 0 Å².